The van der Waals surface area contributed by atoms with Crippen LogP contribution in [-0.2, 0) is 16.4 Å². The minimum atomic E-state index is -4.29. The van der Waals surface area contributed by atoms with E-state index in [1.165, 1.54) is 28.6 Å². The third kappa shape index (κ3) is 4.84. The number of halogens is 4. The second-order valence-electron chi connectivity index (χ2n) is 4.59. The van der Waals surface area contributed by atoms with Crippen molar-refractivity contribution in [2.75, 3.05) is 26.2 Å². The van der Waals surface area contributed by atoms with Crippen LogP contribution in [0, 0.1) is 0 Å². The van der Waals surface area contributed by atoms with E-state index in [-0.39, 0.29) is 22.9 Å². The summed E-state index contributed by atoms with van der Waals surface area (Å²) >= 11 is 0. The topological polar surface area (TPSA) is 49.4 Å². The molecule has 1 aliphatic heterocycles. The Balaban J connectivity index is 0.00000220. The lowest BCUT2D eigenvalue weighted by Gasteiger charge is -2.26. The molecule has 0 atom stereocenters. The van der Waals surface area contributed by atoms with E-state index in [1.54, 1.807) is 0 Å². The van der Waals surface area contributed by atoms with E-state index < -0.39 is 22.6 Å². The zero-order chi connectivity index (χ0) is 14.8. The monoisotopic (exact) mass is 344 g/mol. The Kier molecular flexibility index (Phi) is 6.03. The van der Waals surface area contributed by atoms with Gasteiger partial charge in [-0.05, 0) is 17.7 Å². The number of piperazine rings is 1. The number of rotatable bonds is 3. The molecule has 0 aromatic heterocycles. The molecule has 1 aromatic carbocycles. The molecule has 9 heteroatoms. The number of hydrogen-bond acceptors (Lipinski definition) is 3. The normalized spacial score (nSPS) is 17.3. The number of sulfonamides is 1. The van der Waals surface area contributed by atoms with Crippen LogP contribution in [0.2, 0.25) is 0 Å². The fourth-order valence-corrected chi connectivity index (χ4v) is 3.49. The van der Waals surface area contributed by atoms with E-state index >= 15 is 0 Å². The molecule has 0 bridgehead atoms. The number of alkyl halides is 3. The van der Waals surface area contributed by atoms with Crippen LogP contribution in [-0.4, -0.2) is 45.1 Å². The zero-order valence-corrected chi connectivity index (χ0v) is 12.7. The van der Waals surface area contributed by atoms with E-state index in [0.717, 1.165) is 0 Å². The summed E-state index contributed by atoms with van der Waals surface area (Å²) < 4.78 is 62.6. The Bertz CT molecular complexity index is 555. The molecule has 120 valence electrons. The van der Waals surface area contributed by atoms with Crippen molar-refractivity contribution in [3.63, 3.8) is 0 Å². The molecule has 1 fully saturated rings. The molecule has 0 aliphatic carbocycles. The summed E-state index contributed by atoms with van der Waals surface area (Å²) in [6, 6.07) is 4.89. The lowest BCUT2D eigenvalue weighted by molar-refractivity contribution is -0.127. The smallest absolute Gasteiger partial charge is 0.314 e. The second-order valence-corrected chi connectivity index (χ2v) is 6.53. The number of benzene rings is 1. The molecule has 0 unspecified atom stereocenters. The molecule has 4 nitrogen and oxygen atoms in total. The van der Waals surface area contributed by atoms with Gasteiger partial charge in [-0.25, -0.2) is 8.42 Å². The van der Waals surface area contributed by atoms with E-state index in [0.29, 0.717) is 26.2 Å². The lowest BCUT2D eigenvalue weighted by Crippen LogP contribution is -2.46. The first-order valence-electron chi connectivity index (χ1n) is 6.16. The first kappa shape index (κ1) is 18.2. The molecule has 1 N–H and O–H groups in total. The quantitative estimate of drug-likeness (QED) is 0.909. The SMILES string of the molecule is Cl.O=S(=O)(c1ccc(CC(F)(F)F)cc1)N1CCNCC1. The molecule has 2 rings (SSSR count). The Hall–Kier alpha value is -0.830. The van der Waals surface area contributed by atoms with Crippen molar-refractivity contribution in [2.24, 2.45) is 0 Å². The van der Waals surface area contributed by atoms with Crippen molar-refractivity contribution in [3.8, 4) is 0 Å². The lowest BCUT2D eigenvalue weighted by atomic mass is 10.1. The van der Waals surface area contributed by atoms with Crippen molar-refractivity contribution < 1.29 is 21.6 Å². The molecule has 1 saturated heterocycles. The van der Waals surface area contributed by atoms with Crippen molar-refractivity contribution in [1.82, 2.24) is 9.62 Å². The summed E-state index contributed by atoms with van der Waals surface area (Å²) in [6.45, 7) is 1.88. The highest BCUT2D eigenvalue weighted by Crippen LogP contribution is 2.23. The first-order valence-corrected chi connectivity index (χ1v) is 7.60. The van der Waals surface area contributed by atoms with Gasteiger partial charge in [0, 0.05) is 26.2 Å². The Morgan fingerprint density at radius 1 is 1.10 bits per heavy atom. The fourth-order valence-electron chi connectivity index (χ4n) is 2.04. The average Bonchev–Trinajstić information content (AvgIpc) is 2.38. The van der Waals surface area contributed by atoms with Crippen LogP contribution < -0.4 is 5.32 Å². The zero-order valence-electron chi connectivity index (χ0n) is 11.1. The number of hydrogen-bond donors (Lipinski definition) is 1. The summed E-state index contributed by atoms with van der Waals surface area (Å²) in [4.78, 5) is 0.0327. The Morgan fingerprint density at radius 3 is 2.10 bits per heavy atom. The summed E-state index contributed by atoms with van der Waals surface area (Å²) in [5.41, 5.74) is 0.0526. The van der Waals surface area contributed by atoms with Crippen LogP contribution in [0.1, 0.15) is 5.56 Å². The van der Waals surface area contributed by atoms with Gasteiger partial charge in [0.25, 0.3) is 0 Å². The summed E-state index contributed by atoms with van der Waals surface area (Å²) in [7, 11) is -3.61. The van der Waals surface area contributed by atoms with Gasteiger partial charge in [-0.3, -0.25) is 0 Å². The van der Waals surface area contributed by atoms with E-state index in [2.05, 4.69) is 5.32 Å². The molecule has 0 spiro atoms. The summed E-state index contributed by atoms with van der Waals surface area (Å²) in [5.74, 6) is 0. The fraction of sp³-hybridized carbons (Fsp3) is 0.500. The van der Waals surface area contributed by atoms with E-state index in [9.17, 15) is 21.6 Å². The highest BCUT2D eigenvalue weighted by Gasteiger charge is 2.29. The van der Waals surface area contributed by atoms with E-state index in [1.807, 2.05) is 0 Å². The molecule has 0 radical (unpaired) electrons. The molecular formula is C12H16ClF3N2O2S. The number of nitrogens with zero attached hydrogens (tertiary/aromatic N) is 1. The maximum atomic E-state index is 12.3. The Labute approximate surface area is 127 Å². The van der Waals surface area contributed by atoms with Crippen LogP contribution in [0.25, 0.3) is 0 Å². The van der Waals surface area contributed by atoms with Crippen LogP contribution in [0.5, 0.6) is 0 Å². The summed E-state index contributed by atoms with van der Waals surface area (Å²) in [5, 5.41) is 3.04. The van der Waals surface area contributed by atoms with Crippen LogP contribution >= 0.6 is 12.4 Å². The molecule has 0 saturated carbocycles. The van der Waals surface area contributed by atoms with Gasteiger partial charge >= 0.3 is 6.18 Å². The molecule has 1 aliphatic rings. The summed E-state index contributed by atoms with van der Waals surface area (Å²) in [6.07, 6.45) is -5.35. The highest BCUT2D eigenvalue weighted by atomic mass is 35.5. The average molecular weight is 345 g/mol. The maximum absolute atomic E-state index is 12.3. The molecule has 1 heterocycles. The molecular weight excluding hydrogens is 329 g/mol. The largest absolute Gasteiger partial charge is 0.393 e. The van der Waals surface area contributed by atoms with E-state index in [4.69, 9.17) is 0 Å². The van der Waals surface area contributed by atoms with Crippen LogP contribution in [0.4, 0.5) is 13.2 Å². The number of nitrogens with one attached hydrogen (secondary N) is 1. The van der Waals surface area contributed by atoms with Crippen molar-refractivity contribution in [1.29, 1.82) is 0 Å². The molecule has 1 aromatic rings. The maximum Gasteiger partial charge on any atom is 0.393 e. The van der Waals surface area contributed by atoms with Gasteiger partial charge < -0.3 is 5.32 Å². The third-order valence-corrected chi connectivity index (χ3v) is 4.95. The van der Waals surface area contributed by atoms with Crippen LogP contribution in [0.3, 0.4) is 0 Å². The van der Waals surface area contributed by atoms with Gasteiger partial charge in [0.05, 0.1) is 11.3 Å². The Morgan fingerprint density at radius 2 is 1.62 bits per heavy atom. The first-order chi connectivity index (χ1) is 9.29. The predicted molar refractivity (Wildman–Crippen MR) is 75.1 cm³/mol. The van der Waals surface area contributed by atoms with Gasteiger partial charge in [-0.15, -0.1) is 12.4 Å². The van der Waals surface area contributed by atoms with Crippen molar-refractivity contribution >= 4 is 22.4 Å². The minimum Gasteiger partial charge on any atom is -0.314 e. The van der Waals surface area contributed by atoms with Gasteiger partial charge in [0.2, 0.25) is 10.0 Å². The van der Waals surface area contributed by atoms with Gasteiger partial charge in [0.15, 0.2) is 0 Å². The standard InChI is InChI=1S/C12H15F3N2O2S.ClH/c13-12(14,15)9-10-1-3-11(4-2-10)20(18,19)17-7-5-16-6-8-17;/h1-4,16H,5-9H2;1H. The van der Waals surface area contributed by atoms with Crippen molar-refractivity contribution in [2.45, 2.75) is 17.5 Å². The highest BCUT2D eigenvalue weighted by molar-refractivity contribution is 7.89. The van der Waals surface area contributed by atoms with Gasteiger partial charge in [0.1, 0.15) is 0 Å². The third-order valence-electron chi connectivity index (χ3n) is 3.04. The van der Waals surface area contributed by atoms with Crippen LogP contribution in [0.15, 0.2) is 29.2 Å². The molecule has 0 amide bonds. The van der Waals surface area contributed by atoms with Crippen molar-refractivity contribution in [3.05, 3.63) is 29.8 Å². The van der Waals surface area contributed by atoms with Gasteiger partial charge in [-0.2, -0.15) is 17.5 Å². The van der Waals surface area contributed by atoms with Gasteiger partial charge in [-0.1, -0.05) is 12.1 Å². The molecule has 21 heavy (non-hydrogen) atoms. The predicted octanol–water partition coefficient (Wildman–Crippen LogP) is 1.81. The second kappa shape index (κ2) is 6.95. The minimum absolute atomic E-state index is 0.